The summed E-state index contributed by atoms with van der Waals surface area (Å²) in [5.41, 5.74) is 8.38. The van der Waals surface area contributed by atoms with Crippen molar-refractivity contribution in [2.24, 2.45) is 0 Å². The Morgan fingerprint density at radius 2 is 1.31 bits per heavy atom. The summed E-state index contributed by atoms with van der Waals surface area (Å²) in [6, 6.07) is 6.77. The molecule has 0 bridgehead atoms. The number of unbranched alkanes of at least 4 members (excludes halogenated alkanes) is 8. The fourth-order valence-electron chi connectivity index (χ4n) is 4.04. The average molecular weight is 410 g/mol. The monoisotopic (exact) mass is 409 g/mol. The second kappa shape index (κ2) is 11.7. The predicted molar refractivity (Wildman–Crippen MR) is 125 cm³/mol. The van der Waals surface area contributed by atoms with Gasteiger partial charge in [0, 0.05) is 0 Å². The van der Waals surface area contributed by atoms with Crippen molar-refractivity contribution in [3.63, 3.8) is 0 Å². The first-order valence-electron chi connectivity index (χ1n) is 11.0. The summed E-state index contributed by atoms with van der Waals surface area (Å²) in [6.45, 7) is 11.9. The van der Waals surface area contributed by atoms with Crippen LogP contribution < -0.4 is 5.32 Å². The van der Waals surface area contributed by atoms with Crippen molar-refractivity contribution >= 4 is 19.9 Å². The highest BCUT2D eigenvalue weighted by atomic mass is 28.3. The van der Waals surface area contributed by atoms with E-state index in [9.17, 15) is 9.59 Å². The molecule has 1 aromatic carbocycles. The molecule has 1 aliphatic heterocycles. The SMILES string of the molecule is C=C[Si](C=C)(C=C)CCCCCCCCCCCc1cccc2c1C(=O)NC2=O. The molecular formula is C25H35NO2Si. The van der Waals surface area contributed by atoms with Gasteiger partial charge in [0.15, 0.2) is 0 Å². The van der Waals surface area contributed by atoms with Crippen LogP contribution in [0.1, 0.15) is 84.1 Å². The van der Waals surface area contributed by atoms with E-state index in [-0.39, 0.29) is 11.8 Å². The van der Waals surface area contributed by atoms with E-state index in [2.05, 4.69) is 42.2 Å². The first kappa shape index (κ1) is 23.1. The first-order valence-corrected chi connectivity index (χ1v) is 13.4. The van der Waals surface area contributed by atoms with E-state index in [0.29, 0.717) is 11.1 Å². The first-order chi connectivity index (χ1) is 14.1. The van der Waals surface area contributed by atoms with Gasteiger partial charge in [-0.15, -0.1) is 19.7 Å². The summed E-state index contributed by atoms with van der Waals surface area (Å²) in [7, 11) is -1.60. The molecule has 0 atom stereocenters. The Bertz CT molecular complexity index is 731. The van der Waals surface area contributed by atoms with Gasteiger partial charge < -0.3 is 0 Å². The van der Waals surface area contributed by atoms with Crippen LogP contribution in [0.2, 0.25) is 6.04 Å². The van der Waals surface area contributed by atoms with Gasteiger partial charge in [-0.2, -0.15) is 0 Å². The Morgan fingerprint density at radius 3 is 1.90 bits per heavy atom. The van der Waals surface area contributed by atoms with Crippen LogP contribution in [0.15, 0.2) is 55.0 Å². The molecule has 0 fully saturated rings. The lowest BCUT2D eigenvalue weighted by atomic mass is 9.97. The molecule has 156 valence electrons. The standard InChI is InChI=1S/C25H35NO2Si/c1-4-29(5-2,6-3)20-15-13-11-9-7-8-10-12-14-17-21-18-16-19-22-23(21)25(28)26-24(22)27/h4-6,16,18-19H,1-3,7-15,17,20H2,(H,26,27,28). The largest absolute Gasteiger partial charge is 0.288 e. The highest BCUT2D eigenvalue weighted by molar-refractivity contribution is 6.93. The molecule has 2 rings (SSSR count). The van der Waals surface area contributed by atoms with E-state index in [4.69, 9.17) is 0 Å². The van der Waals surface area contributed by atoms with Gasteiger partial charge >= 0.3 is 0 Å². The number of carbonyl (C=O) groups excluding carboxylic acids is 2. The van der Waals surface area contributed by atoms with Crippen molar-refractivity contribution in [2.45, 2.75) is 70.3 Å². The lowest BCUT2D eigenvalue weighted by molar-refractivity contribution is 0.0879. The number of imide groups is 1. The Labute approximate surface area is 177 Å². The number of hydrogen-bond acceptors (Lipinski definition) is 2. The third-order valence-corrected chi connectivity index (χ3v) is 9.55. The van der Waals surface area contributed by atoms with Crippen LogP contribution in [0.25, 0.3) is 0 Å². The predicted octanol–water partition coefficient (Wildman–Crippen LogP) is 6.25. The van der Waals surface area contributed by atoms with Crippen LogP contribution in [0.4, 0.5) is 0 Å². The Morgan fingerprint density at radius 1 is 0.759 bits per heavy atom. The summed E-state index contributed by atoms with van der Waals surface area (Å²) >= 11 is 0. The fourth-order valence-corrected chi connectivity index (χ4v) is 6.01. The summed E-state index contributed by atoms with van der Waals surface area (Å²) in [4.78, 5) is 23.7. The molecule has 1 heterocycles. The van der Waals surface area contributed by atoms with E-state index < -0.39 is 8.07 Å². The zero-order valence-corrected chi connectivity index (χ0v) is 18.7. The maximum absolute atomic E-state index is 11.9. The van der Waals surface area contributed by atoms with Gasteiger partial charge in [0.2, 0.25) is 0 Å². The summed E-state index contributed by atoms with van der Waals surface area (Å²) < 4.78 is 0. The normalized spacial score (nSPS) is 13.1. The van der Waals surface area contributed by atoms with Crippen molar-refractivity contribution in [1.82, 2.24) is 5.32 Å². The zero-order chi connectivity index (χ0) is 21.1. The summed E-state index contributed by atoms with van der Waals surface area (Å²) in [5.74, 6) is -0.506. The molecular weight excluding hydrogens is 374 g/mol. The Hall–Kier alpha value is -2.20. The minimum Gasteiger partial charge on any atom is -0.288 e. The number of rotatable bonds is 15. The lowest BCUT2D eigenvalue weighted by Crippen LogP contribution is -2.26. The van der Waals surface area contributed by atoms with Crippen molar-refractivity contribution in [1.29, 1.82) is 0 Å². The van der Waals surface area contributed by atoms with E-state index >= 15 is 0 Å². The molecule has 2 amide bonds. The number of hydrogen-bond donors (Lipinski definition) is 1. The smallest absolute Gasteiger partial charge is 0.259 e. The molecule has 0 radical (unpaired) electrons. The highest BCUT2D eigenvalue weighted by Gasteiger charge is 2.28. The van der Waals surface area contributed by atoms with Gasteiger partial charge in [0.1, 0.15) is 8.07 Å². The topological polar surface area (TPSA) is 46.2 Å². The molecule has 0 unspecified atom stereocenters. The third-order valence-electron chi connectivity index (χ3n) is 6.05. The summed E-state index contributed by atoms with van der Waals surface area (Å²) in [5, 5.41) is 2.39. The molecule has 0 saturated carbocycles. The van der Waals surface area contributed by atoms with E-state index in [1.807, 2.05) is 12.1 Å². The molecule has 1 aliphatic rings. The van der Waals surface area contributed by atoms with Gasteiger partial charge in [0.25, 0.3) is 11.8 Å². The van der Waals surface area contributed by atoms with Crippen molar-refractivity contribution in [3.05, 3.63) is 71.7 Å². The third kappa shape index (κ3) is 6.39. The van der Waals surface area contributed by atoms with E-state index in [0.717, 1.165) is 18.4 Å². The highest BCUT2D eigenvalue weighted by Crippen LogP contribution is 2.22. The van der Waals surface area contributed by atoms with Gasteiger partial charge in [-0.25, -0.2) is 0 Å². The maximum Gasteiger partial charge on any atom is 0.259 e. The Kier molecular flexibility index (Phi) is 9.32. The van der Waals surface area contributed by atoms with Gasteiger partial charge in [-0.3, -0.25) is 14.9 Å². The number of nitrogens with one attached hydrogen (secondary N) is 1. The van der Waals surface area contributed by atoms with Crippen LogP contribution in [0.5, 0.6) is 0 Å². The van der Waals surface area contributed by atoms with Crippen molar-refractivity contribution in [2.75, 3.05) is 0 Å². The number of amides is 2. The number of fused-ring (bicyclic) bond motifs is 1. The van der Waals surface area contributed by atoms with Crippen LogP contribution in [0, 0.1) is 0 Å². The number of benzene rings is 1. The Balaban J connectivity index is 1.53. The average Bonchev–Trinajstić information content (AvgIpc) is 3.04. The van der Waals surface area contributed by atoms with E-state index in [1.54, 1.807) is 6.07 Å². The van der Waals surface area contributed by atoms with Crippen molar-refractivity contribution < 1.29 is 9.59 Å². The quantitative estimate of drug-likeness (QED) is 0.211. The van der Waals surface area contributed by atoms with Crippen LogP contribution in [-0.2, 0) is 6.42 Å². The maximum atomic E-state index is 11.9. The molecule has 3 nitrogen and oxygen atoms in total. The fraction of sp³-hybridized carbons (Fsp3) is 0.440. The minimum atomic E-state index is -1.60. The molecule has 4 heteroatoms. The minimum absolute atomic E-state index is 0.241. The lowest BCUT2D eigenvalue weighted by Gasteiger charge is -2.19. The van der Waals surface area contributed by atoms with Gasteiger partial charge in [0.05, 0.1) is 11.1 Å². The number of aryl methyl sites for hydroxylation is 1. The zero-order valence-electron chi connectivity index (χ0n) is 17.7. The van der Waals surface area contributed by atoms with Crippen LogP contribution in [0.3, 0.4) is 0 Å². The molecule has 29 heavy (non-hydrogen) atoms. The van der Waals surface area contributed by atoms with Crippen LogP contribution >= 0.6 is 0 Å². The molecule has 1 aromatic rings. The molecule has 1 N–H and O–H groups in total. The van der Waals surface area contributed by atoms with Crippen molar-refractivity contribution in [3.8, 4) is 0 Å². The molecule has 0 saturated heterocycles. The van der Waals surface area contributed by atoms with E-state index in [1.165, 1.54) is 57.4 Å². The van der Waals surface area contributed by atoms with Crippen LogP contribution in [-0.4, -0.2) is 19.9 Å². The second-order valence-corrected chi connectivity index (χ2v) is 12.0. The molecule has 0 aliphatic carbocycles. The molecule has 0 aromatic heterocycles. The molecule has 0 spiro atoms. The number of carbonyl (C=O) groups is 2. The van der Waals surface area contributed by atoms with Gasteiger partial charge in [-0.1, -0.05) is 80.6 Å². The second-order valence-electron chi connectivity index (χ2n) is 8.03. The summed E-state index contributed by atoms with van der Waals surface area (Å²) in [6.07, 6.45) is 12.0. The van der Waals surface area contributed by atoms with Gasteiger partial charge in [-0.05, 0) is 30.5 Å².